The number of nitrogens with one attached hydrogen (secondary N) is 3. The molecule has 3 aliphatic heterocycles. The van der Waals surface area contributed by atoms with Crippen molar-refractivity contribution in [1.29, 1.82) is 0 Å². The number of nitrogens with zero attached hydrogens (tertiary/aromatic N) is 5. The summed E-state index contributed by atoms with van der Waals surface area (Å²) >= 11 is 0. The van der Waals surface area contributed by atoms with Crippen molar-refractivity contribution >= 4 is 28.8 Å². The third-order valence-electron chi connectivity index (χ3n) is 13.1. The SMILES string of the molecule is COC(=O)NC(C(=O)N1CCCC1c1ncc(-c2ccc3c(c2)cc2n3C(CCc3ccccc3)Oc3cc(-c4cnc(C5CC(F)CN5C(=O)C(N)C(C)C)[nH]4)ccc3-2)[nH]1)C(C)C. The molecule has 9 rings (SSSR count). The molecule has 2 saturated heterocycles. The summed E-state index contributed by atoms with van der Waals surface area (Å²) in [7, 11) is 1.29. The molecule has 3 amide bonds. The Bertz CT molecular complexity index is 2670. The topological polar surface area (TPSA) is 176 Å². The van der Waals surface area contributed by atoms with E-state index in [0.29, 0.717) is 18.2 Å². The maximum Gasteiger partial charge on any atom is 0.407 e. The molecule has 6 aromatic rings. The van der Waals surface area contributed by atoms with Crippen molar-refractivity contribution < 1.29 is 28.2 Å². The highest BCUT2D eigenvalue weighted by Crippen LogP contribution is 2.46. The van der Waals surface area contributed by atoms with E-state index in [1.165, 1.54) is 17.6 Å². The number of hydrogen-bond donors (Lipinski definition) is 4. The average molecular weight is 870 g/mol. The molecule has 14 nitrogen and oxygen atoms in total. The molecule has 0 saturated carbocycles. The summed E-state index contributed by atoms with van der Waals surface area (Å²) in [5, 5.41) is 3.76. The van der Waals surface area contributed by atoms with Gasteiger partial charge in [-0.05, 0) is 67.0 Å². The standard InChI is InChI=1S/C49H56FN9O5/c1-27(2)43(51)47(60)58-26-33(50)23-40(58)46-53-25-36(55-46)31-14-16-34-39-21-32-20-30(15-17-37(32)59(39)42(64-41(34)22-31)18-13-29-10-7-6-8-11-29)35-24-52-45(54-35)38-12-9-19-57(38)48(61)44(28(3)4)56-49(62)63-5/h6-8,10-11,14-17,20-22,24-25,27-28,33,38,40,42-44H,9,12-13,18-19,23,26,51H2,1-5H3,(H,52,54)(H,53,55)(H,56,62). The normalized spacial score (nSPS) is 20.3. The van der Waals surface area contributed by atoms with Crippen LogP contribution in [0.15, 0.2) is 85.2 Å². The molecule has 6 heterocycles. The van der Waals surface area contributed by atoms with Crippen molar-refractivity contribution in [3.63, 3.8) is 0 Å². The Labute approximate surface area is 371 Å². The Hall–Kier alpha value is -6.48. The number of amides is 3. The van der Waals surface area contributed by atoms with Crippen molar-refractivity contribution in [1.82, 2.24) is 39.6 Å². The van der Waals surface area contributed by atoms with Crippen LogP contribution >= 0.6 is 0 Å². The van der Waals surface area contributed by atoms with Crippen molar-refractivity contribution in [2.45, 2.75) is 96.4 Å². The number of carbonyl (C=O) groups excluding carboxylic acids is 3. The lowest BCUT2D eigenvalue weighted by molar-refractivity contribution is -0.136. The second-order valence-corrected chi connectivity index (χ2v) is 18.0. The molecule has 0 radical (unpaired) electrons. The van der Waals surface area contributed by atoms with Crippen molar-refractivity contribution in [3.05, 3.63) is 102 Å². The van der Waals surface area contributed by atoms with Gasteiger partial charge in [-0.3, -0.25) is 9.59 Å². The Balaban J connectivity index is 1.01. The number of benzene rings is 3. The molecule has 0 bridgehead atoms. The van der Waals surface area contributed by atoms with Gasteiger partial charge in [-0.15, -0.1) is 0 Å². The minimum atomic E-state index is -1.16. The Morgan fingerprint density at radius 3 is 2.30 bits per heavy atom. The highest BCUT2D eigenvalue weighted by molar-refractivity contribution is 5.92. The molecule has 3 aromatic carbocycles. The number of aromatic nitrogens is 5. The van der Waals surface area contributed by atoms with Crippen LogP contribution in [0.2, 0.25) is 0 Å². The summed E-state index contributed by atoms with van der Waals surface area (Å²) in [6.07, 6.45) is 4.73. The summed E-state index contributed by atoms with van der Waals surface area (Å²) < 4.78 is 28.8. The number of aromatic amines is 2. The van der Waals surface area contributed by atoms with E-state index in [0.717, 1.165) is 76.1 Å². The van der Waals surface area contributed by atoms with Crippen LogP contribution in [0, 0.1) is 11.8 Å². The van der Waals surface area contributed by atoms with Crippen LogP contribution in [0.4, 0.5) is 9.18 Å². The summed E-state index contributed by atoms with van der Waals surface area (Å²) in [6.45, 7) is 8.15. The van der Waals surface area contributed by atoms with E-state index in [9.17, 15) is 18.8 Å². The maximum atomic E-state index is 14.8. The molecule has 5 N–H and O–H groups in total. The lowest BCUT2D eigenvalue weighted by Gasteiger charge is -2.30. The first kappa shape index (κ1) is 42.8. The fourth-order valence-electron chi connectivity index (χ4n) is 9.50. The number of alkyl halides is 1. The highest BCUT2D eigenvalue weighted by atomic mass is 19.1. The van der Waals surface area contributed by atoms with Gasteiger partial charge in [0.1, 0.15) is 29.6 Å². The van der Waals surface area contributed by atoms with Gasteiger partial charge in [0.25, 0.3) is 0 Å². The number of fused-ring (bicyclic) bond motifs is 5. The number of rotatable bonds is 12. The van der Waals surface area contributed by atoms with E-state index in [-0.39, 0.29) is 48.9 Å². The minimum Gasteiger partial charge on any atom is -0.469 e. The number of hydrogen-bond acceptors (Lipinski definition) is 8. The lowest BCUT2D eigenvalue weighted by atomic mass is 10.0. The first-order valence-corrected chi connectivity index (χ1v) is 22.3. The molecule has 0 aliphatic carbocycles. The molecule has 6 unspecified atom stereocenters. The van der Waals surface area contributed by atoms with Gasteiger partial charge in [0.05, 0.1) is 66.8 Å². The quantitative estimate of drug-likeness (QED) is 0.0951. The third kappa shape index (κ3) is 8.12. The Kier molecular flexibility index (Phi) is 11.8. The molecule has 6 atom stereocenters. The van der Waals surface area contributed by atoms with Gasteiger partial charge >= 0.3 is 6.09 Å². The second-order valence-electron chi connectivity index (χ2n) is 18.0. The summed E-state index contributed by atoms with van der Waals surface area (Å²) in [4.78, 5) is 58.8. The number of ether oxygens (including phenoxy) is 2. The van der Waals surface area contributed by atoms with Gasteiger partial charge in [0, 0.05) is 41.5 Å². The van der Waals surface area contributed by atoms with E-state index in [2.05, 4.69) is 79.4 Å². The highest BCUT2D eigenvalue weighted by Gasteiger charge is 2.41. The van der Waals surface area contributed by atoms with Crippen molar-refractivity contribution in [3.8, 4) is 39.5 Å². The zero-order valence-electron chi connectivity index (χ0n) is 36.9. The van der Waals surface area contributed by atoms with Crippen LogP contribution in [0.3, 0.4) is 0 Å². The van der Waals surface area contributed by atoms with Crippen LogP contribution in [0.1, 0.15) is 88.9 Å². The van der Waals surface area contributed by atoms with Gasteiger partial charge in [0.2, 0.25) is 11.8 Å². The fourth-order valence-corrected chi connectivity index (χ4v) is 9.50. The second kappa shape index (κ2) is 17.6. The lowest BCUT2D eigenvalue weighted by Crippen LogP contribution is -2.51. The van der Waals surface area contributed by atoms with Crippen LogP contribution in [-0.4, -0.2) is 90.7 Å². The van der Waals surface area contributed by atoms with Crippen LogP contribution < -0.4 is 15.8 Å². The first-order valence-electron chi connectivity index (χ1n) is 22.3. The average Bonchev–Trinajstić information content (AvgIpc) is 4.16. The zero-order valence-corrected chi connectivity index (χ0v) is 36.9. The van der Waals surface area contributed by atoms with Crippen LogP contribution in [0.5, 0.6) is 5.75 Å². The molecule has 2 fully saturated rings. The maximum absolute atomic E-state index is 14.8. The summed E-state index contributed by atoms with van der Waals surface area (Å²) in [5.41, 5.74) is 13.8. The first-order chi connectivity index (χ1) is 30.9. The largest absolute Gasteiger partial charge is 0.469 e. The molecular weight excluding hydrogens is 814 g/mol. The third-order valence-corrected chi connectivity index (χ3v) is 13.1. The van der Waals surface area contributed by atoms with Gasteiger partial charge < -0.3 is 44.9 Å². The molecular formula is C49H56FN9O5. The van der Waals surface area contributed by atoms with Gasteiger partial charge in [-0.2, -0.15) is 0 Å². The number of aryl methyl sites for hydroxylation is 1. The molecule has 3 aliphatic rings. The number of halogens is 1. The van der Waals surface area contributed by atoms with Gasteiger partial charge in [-0.25, -0.2) is 19.2 Å². The number of H-pyrrole nitrogens is 2. The Morgan fingerprint density at radius 1 is 0.891 bits per heavy atom. The number of methoxy groups -OCH3 is 1. The van der Waals surface area contributed by atoms with Gasteiger partial charge in [0.15, 0.2) is 6.23 Å². The van der Waals surface area contributed by atoms with Crippen LogP contribution in [0.25, 0.3) is 44.7 Å². The summed E-state index contributed by atoms with van der Waals surface area (Å²) in [6, 6.07) is 22.9. The predicted octanol–water partition coefficient (Wildman–Crippen LogP) is 8.25. The number of carbonyl (C=O) groups is 3. The molecule has 3 aromatic heterocycles. The molecule has 334 valence electrons. The van der Waals surface area contributed by atoms with E-state index >= 15 is 0 Å². The molecule has 15 heteroatoms. The predicted molar refractivity (Wildman–Crippen MR) is 242 cm³/mol. The van der Waals surface area contributed by atoms with E-state index in [1.54, 1.807) is 6.20 Å². The number of likely N-dealkylation sites (tertiary alicyclic amines) is 2. The van der Waals surface area contributed by atoms with Crippen molar-refractivity contribution in [2.75, 3.05) is 20.2 Å². The van der Waals surface area contributed by atoms with E-state index in [4.69, 9.17) is 20.2 Å². The fraction of sp³-hybridized carbons (Fsp3) is 0.408. The minimum absolute atomic E-state index is 0.00528. The molecule has 64 heavy (non-hydrogen) atoms. The zero-order chi connectivity index (χ0) is 44.8. The Morgan fingerprint density at radius 2 is 1.59 bits per heavy atom. The van der Waals surface area contributed by atoms with Crippen LogP contribution in [-0.2, 0) is 20.7 Å². The monoisotopic (exact) mass is 869 g/mol. The molecule has 0 spiro atoms. The van der Waals surface area contributed by atoms with E-state index < -0.39 is 30.4 Å². The van der Waals surface area contributed by atoms with Crippen molar-refractivity contribution in [2.24, 2.45) is 17.6 Å². The smallest absolute Gasteiger partial charge is 0.407 e. The number of imidazole rings is 2. The van der Waals surface area contributed by atoms with E-state index in [1.807, 2.05) is 57.0 Å². The number of nitrogens with two attached hydrogens (primary N) is 1. The summed E-state index contributed by atoms with van der Waals surface area (Å²) in [5.74, 6) is 1.35. The number of alkyl carbamates (subject to hydrolysis) is 1. The van der Waals surface area contributed by atoms with Gasteiger partial charge in [-0.1, -0.05) is 70.2 Å².